The largest absolute Gasteiger partial charge is 0.433 e. The highest BCUT2D eigenvalue weighted by Crippen LogP contribution is 2.41. The molecule has 1 aromatic carbocycles. The Balaban J connectivity index is 1.91. The van der Waals surface area contributed by atoms with E-state index < -0.39 is 30.4 Å². The van der Waals surface area contributed by atoms with Crippen molar-refractivity contribution in [3.63, 3.8) is 0 Å². The summed E-state index contributed by atoms with van der Waals surface area (Å²) in [7, 11) is 1.50. The lowest BCUT2D eigenvalue weighted by Gasteiger charge is -2.19. The van der Waals surface area contributed by atoms with Gasteiger partial charge < -0.3 is 10.0 Å². The number of aliphatic hydroxyl groups excluding tert-OH is 1. The summed E-state index contributed by atoms with van der Waals surface area (Å²) in [6, 6.07) is 8.63. The predicted octanol–water partition coefficient (Wildman–Crippen LogP) is 2.54. The van der Waals surface area contributed by atoms with Gasteiger partial charge in [0.1, 0.15) is 12.2 Å². The second-order valence-electron chi connectivity index (χ2n) is 5.71. The van der Waals surface area contributed by atoms with E-state index in [-0.39, 0.29) is 24.1 Å². The molecule has 1 atom stereocenters. The monoisotopic (exact) mass is 339 g/mol. The lowest BCUT2D eigenvalue weighted by Crippen LogP contribution is -2.32. The fourth-order valence-electron chi connectivity index (χ4n) is 2.92. The first-order valence-corrected chi connectivity index (χ1v) is 7.45. The number of benzene rings is 1. The zero-order valence-electron chi connectivity index (χ0n) is 12.9. The van der Waals surface area contributed by atoms with Crippen molar-refractivity contribution in [2.45, 2.75) is 31.7 Å². The summed E-state index contributed by atoms with van der Waals surface area (Å²) >= 11 is 0. The summed E-state index contributed by atoms with van der Waals surface area (Å²) in [6.45, 7) is -0.542. The van der Waals surface area contributed by atoms with E-state index >= 15 is 0 Å². The maximum atomic E-state index is 13.4. The topological polar surface area (TPSA) is 58.4 Å². The van der Waals surface area contributed by atoms with E-state index in [4.69, 9.17) is 0 Å². The van der Waals surface area contributed by atoms with Crippen molar-refractivity contribution >= 4 is 11.6 Å². The van der Waals surface area contributed by atoms with E-state index in [1.807, 2.05) is 0 Å². The summed E-state index contributed by atoms with van der Waals surface area (Å²) in [4.78, 5) is 13.6. The molecule has 1 heterocycles. The van der Waals surface area contributed by atoms with Gasteiger partial charge in [-0.15, -0.1) is 0 Å². The number of fused-ring (bicyclic) bond motifs is 1. The molecule has 1 aliphatic rings. The van der Waals surface area contributed by atoms with E-state index in [1.54, 1.807) is 30.3 Å². The summed E-state index contributed by atoms with van der Waals surface area (Å²) in [5.41, 5.74) is -0.434. The fourth-order valence-corrected chi connectivity index (χ4v) is 2.92. The molecule has 0 fully saturated rings. The van der Waals surface area contributed by atoms with Crippen molar-refractivity contribution < 1.29 is 23.1 Å². The second-order valence-corrected chi connectivity index (χ2v) is 5.71. The molecule has 0 aliphatic heterocycles. The molecule has 0 radical (unpaired) electrons. The van der Waals surface area contributed by atoms with Gasteiger partial charge in [0.05, 0.1) is 11.8 Å². The molecule has 1 aromatic heterocycles. The molecule has 0 spiro atoms. The Morgan fingerprint density at radius 3 is 2.67 bits per heavy atom. The highest BCUT2D eigenvalue weighted by Gasteiger charge is 2.44. The van der Waals surface area contributed by atoms with Crippen LogP contribution in [0.3, 0.4) is 0 Å². The third-order valence-electron chi connectivity index (χ3n) is 4.12. The molecule has 2 aromatic rings. The van der Waals surface area contributed by atoms with Crippen molar-refractivity contribution in [3.8, 4) is 0 Å². The molecule has 0 bridgehead atoms. The third-order valence-corrected chi connectivity index (χ3v) is 4.12. The molecular formula is C16H16F3N3O2. The molecule has 3 rings (SSSR count). The Bertz CT molecular complexity index is 756. The number of carbonyl (C=O) groups is 1. The van der Waals surface area contributed by atoms with Crippen molar-refractivity contribution in [2.24, 2.45) is 0 Å². The molecule has 1 unspecified atom stereocenters. The number of aryl methyl sites for hydroxylation is 1. The van der Waals surface area contributed by atoms with Gasteiger partial charge in [0.25, 0.3) is 0 Å². The summed E-state index contributed by atoms with van der Waals surface area (Å²) in [5.74, 6) is -0.526. The van der Waals surface area contributed by atoms with Gasteiger partial charge in [-0.3, -0.25) is 9.48 Å². The zero-order chi connectivity index (χ0) is 17.5. The Morgan fingerprint density at radius 2 is 2.04 bits per heavy atom. The fraction of sp³-hybridized carbons (Fsp3) is 0.375. The zero-order valence-corrected chi connectivity index (χ0v) is 12.9. The smallest absolute Gasteiger partial charge is 0.388 e. The number of nitrogens with zero attached hydrogens (tertiary/aromatic N) is 3. The maximum Gasteiger partial charge on any atom is 0.433 e. The quantitative estimate of drug-likeness (QED) is 0.935. The Morgan fingerprint density at radius 1 is 1.38 bits per heavy atom. The lowest BCUT2D eigenvalue weighted by molar-refractivity contribution is -0.146. The molecule has 24 heavy (non-hydrogen) atoms. The number of halogens is 3. The molecule has 1 amide bonds. The number of rotatable bonds is 3. The normalized spacial score (nSPS) is 17.0. The van der Waals surface area contributed by atoms with Crippen molar-refractivity contribution in [1.29, 1.82) is 0 Å². The van der Waals surface area contributed by atoms with Gasteiger partial charge in [0, 0.05) is 18.3 Å². The van der Waals surface area contributed by atoms with Crippen LogP contribution in [-0.4, -0.2) is 27.8 Å². The molecule has 0 saturated carbocycles. The molecule has 5 nitrogen and oxygen atoms in total. The Labute approximate surface area is 136 Å². The Hall–Kier alpha value is -2.35. The summed E-state index contributed by atoms with van der Waals surface area (Å²) < 4.78 is 40.8. The van der Waals surface area contributed by atoms with Crippen LogP contribution < -0.4 is 4.90 Å². The number of alkyl halides is 3. The Kier molecular flexibility index (Phi) is 4.08. The van der Waals surface area contributed by atoms with E-state index in [0.29, 0.717) is 10.4 Å². The molecule has 1 N–H and O–H groups in total. The van der Waals surface area contributed by atoms with Gasteiger partial charge in [-0.05, 0) is 25.0 Å². The van der Waals surface area contributed by atoms with Crippen LogP contribution in [0, 0.1) is 0 Å². The molecular weight excluding hydrogens is 323 g/mol. The number of anilines is 1. The van der Waals surface area contributed by atoms with Crippen LogP contribution in [0.1, 0.15) is 29.5 Å². The number of hydrogen-bond acceptors (Lipinski definition) is 3. The van der Waals surface area contributed by atoms with Crippen LogP contribution in [0.25, 0.3) is 0 Å². The van der Waals surface area contributed by atoms with Gasteiger partial charge in [0.15, 0.2) is 0 Å². The minimum absolute atomic E-state index is 0.197. The van der Waals surface area contributed by atoms with Crippen LogP contribution in [0.5, 0.6) is 0 Å². The number of aromatic nitrogens is 2. The van der Waals surface area contributed by atoms with Gasteiger partial charge >= 0.3 is 6.18 Å². The predicted molar refractivity (Wildman–Crippen MR) is 80.4 cm³/mol. The van der Waals surface area contributed by atoms with Crippen molar-refractivity contribution in [3.05, 3.63) is 47.3 Å². The third kappa shape index (κ3) is 2.89. The number of carbonyl (C=O) groups excluding carboxylic acids is 1. The van der Waals surface area contributed by atoms with Crippen LogP contribution in [0.15, 0.2) is 30.3 Å². The van der Waals surface area contributed by atoms with E-state index in [2.05, 4.69) is 5.10 Å². The first-order chi connectivity index (χ1) is 11.3. The van der Waals surface area contributed by atoms with E-state index in [0.717, 1.165) is 0 Å². The van der Waals surface area contributed by atoms with E-state index in [1.165, 1.54) is 11.9 Å². The molecule has 8 heteroatoms. The minimum atomic E-state index is -4.68. The van der Waals surface area contributed by atoms with Gasteiger partial charge in [-0.2, -0.15) is 18.3 Å². The summed E-state index contributed by atoms with van der Waals surface area (Å²) in [5, 5.41) is 13.7. The first kappa shape index (κ1) is 16.5. The number of hydrogen-bond donors (Lipinski definition) is 1. The van der Waals surface area contributed by atoms with Gasteiger partial charge in [0.2, 0.25) is 5.91 Å². The van der Waals surface area contributed by atoms with Crippen molar-refractivity contribution in [2.75, 3.05) is 11.9 Å². The van der Waals surface area contributed by atoms with Crippen LogP contribution in [0.2, 0.25) is 0 Å². The highest BCUT2D eigenvalue weighted by molar-refractivity contribution is 5.92. The average Bonchev–Trinajstić information content (AvgIpc) is 3.06. The second kappa shape index (κ2) is 5.94. The number of aliphatic hydroxyl groups is 1. The van der Waals surface area contributed by atoms with Gasteiger partial charge in [-0.25, -0.2) is 0 Å². The lowest BCUT2D eigenvalue weighted by atomic mass is 10.1. The highest BCUT2D eigenvalue weighted by atomic mass is 19.4. The van der Waals surface area contributed by atoms with Crippen LogP contribution in [0.4, 0.5) is 18.9 Å². The van der Waals surface area contributed by atoms with Gasteiger partial charge in [-0.1, -0.05) is 18.2 Å². The van der Waals surface area contributed by atoms with Crippen LogP contribution >= 0.6 is 0 Å². The standard InChI is InChI=1S/C16H16F3N3O2/c1-21(10-5-3-2-4-6-10)13(24)9-22-15(16(17,18)19)14-11(20-22)7-8-12(14)23/h2-6,12,23H,7-9H2,1H3. The molecule has 128 valence electrons. The first-order valence-electron chi connectivity index (χ1n) is 7.45. The maximum absolute atomic E-state index is 13.4. The number of amides is 1. The number of likely N-dealkylation sites (N-methyl/N-ethyl adjacent to an activating group) is 1. The summed E-state index contributed by atoms with van der Waals surface area (Å²) in [6.07, 6.45) is -5.38. The van der Waals surface area contributed by atoms with Crippen molar-refractivity contribution in [1.82, 2.24) is 9.78 Å². The number of para-hydroxylation sites is 1. The molecule has 0 saturated heterocycles. The van der Waals surface area contributed by atoms with E-state index in [9.17, 15) is 23.1 Å². The molecule has 1 aliphatic carbocycles. The average molecular weight is 339 g/mol. The SMILES string of the molecule is CN(C(=O)Cn1nc2c(c1C(F)(F)F)C(O)CC2)c1ccccc1. The minimum Gasteiger partial charge on any atom is -0.388 e. The van der Waals surface area contributed by atoms with Crippen LogP contribution in [-0.2, 0) is 23.9 Å².